The number of hydrogen-bond donors (Lipinski definition) is 2. The van der Waals surface area contributed by atoms with E-state index in [1.165, 1.54) is 6.07 Å². The van der Waals surface area contributed by atoms with Crippen LogP contribution in [0.15, 0.2) is 59.3 Å². The van der Waals surface area contributed by atoms with E-state index in [1.54, 1.807) is 36.5 Å². The fourth-order valence-corrected chi connectivity index (χ4v) is 2.45. The maximum Gasteiger partial charge on any atom is 0.280 e. The second kappa shape index (κ2) is 6.77. The molecule has 0 aliphatic rings. The number of pyridine rings is 1. The molecule has 9 heteroatoms. The van der Waals surface area contributed by atoms with Crippen molar-refractivity contribution in [3.8, 4) is 22.8 Å². The summed E-state index contributed by atoms with van der Waals surface area (Å²) in [5.74, 6) is 0.499. The molecule has 0 radical (unpaired) electrons. The summed E-state index contributed by atoms with van der Waals surface area (Å²) >= 11 is 5.96. The van der Waals surface area contributed by atoms with Crippen LogP contribution >= 0.6 is 11.6 Å². The molecule has 0 unspecified atom stereocenters. The van der Waals surface area contributed by atoms with Gasteiger partial charge in [0.25, 0.3) is 5.91 Å². The lowest BCUT2D eigenvalue weighted by atomic mass is 10.1. The Morgan fingerprint density at radius 3 is 2.88 bits per heavy atom. The van der Waals surface area contributed by atoms with E-state index in [2.05, 4.69) is 30.6 Å². The number of nitrogens with one attached hydrogen (secondary N) is 2. The quantitative estimate of drug-likeness (QED) is 0.572. The second-order valence-electron chi connectivity index (χ2n) is 5.26. The van der Waals surface area contributed by atoms with Crippen molar-refractivity contribution < 1.29 is 9.32 Å². The van der Waals surface area contributed by atoms with Crippen LogP contribution in [0.4, 0.5) is 5.95 Å². The van der Waals surface area contributed by atoms with Crippen molar-refractivity contribution in [2.75, 3.05) is 5.32 Å². The van der Waals surface area contributed by atoms with Crippen LogP contribution in [0.5, 0.6) is 0 Å². The Hall–Kier alpha value is -3.52. The molecule has 2 N–H and O–H groups in total. The molecule has 1 aromatic carbocycles. The van der Waals surface area contributed by atoms with Gasteiger partial charge >= 0.3 is 0 Å². The Balaban J connectivity index is 1.50. The molecule has 8 nitrogen and oxygen atoms in total. The highest BCUT2D eigenvalue weighted by atomic mass is 35.5. The highest BCUT2D eigenvalue weighted by molar-refractivity contribution is 6.30. The zero-order valence-corrected chi connectivity index (χ0v) is 13.9. The molecule has 0 spiro atoms. The monoisotopic (exact) mass is 366 g/mol. The summed E-state index contributed by atoms with van der Waals surface area (Å²) < 4.78 is 5.21. The van der Waals surface area contributed by atoms with Gasteiger partial charge < -0.3 is 4.52 Å². The number of anilines is 1. The molecule has 0 aliphatic carbocycles. The number of aromatic nitrogens is 5. The zero-order valence-electron chi connectivity index (χ0n) is 13.2. The first-order valence-corrected chi connectivity index (χ1v) is 7.95. The minimum Gasteiger partial charge on any atom is -0.355 e. The number of rotatable bonds is 4. The number of hydrogen-bond acceptors (Lipinski definition) is 6. The third-order valence-electron chi connectivity index (χ3n) is 3.47. The number of H-pyrrole nitrogens is 1. The molecule has 1 amide bonds. The molecule has 3 heterocycles. The Kier molecular flexibility index (Phi) is 4.16. The van der Waals surface area contributed by atoms with Crippen molar-refractivity contribution in [3.63, 3.8) is 0 Å². The summed E-state index contributed by atoms with van der Waals surface area (Å²) in [5.41, 5.74) is 1.44. The van der Waals surface area contributed by atoms with E-state index in [1.807, 2.05) is 12.1 Å². The summed E-state index contributed by atoms with van der Waals surface area (Å²) in [4.78, 5) is 20.6. The Morgan fingerprint density at radius 1 is 1.15 bits per heavy atom. The van der Waals surface area contributed by atoms with Gasteiger partial charge in [-0.05, 0) is 24.3 Å². The largest absolute Gasteiger partial charge is 0.355 e. The van der Waals surface area contributed by atoms with Gasteiger partial charge in [-0.3, -0.25) is 20.2 Å². The summed E-state index contributed by atoms with van der Waals surface area (Å²) in [6, 6.07) is 14.0. The van der Waals surface area contributed by atoms with Crippen molar-refractivity contribution >= 4 is 23.5 Å². The number of amides is 1. The van der Waals surface area contributed by atoms with Gasteiger partial charge in [0.2, 0.25) is 5.95 Å². The summed E-state index contributed by atoms with van der Waals surface area (Å²) in [6.45, 7) is 0. The molecule has 0 bridgehead atoms. The van der Waals surface area contributed by atoms with Crippen molar-refractivity contribution in [2.24, 2.45) is 0 Å². The first-order valence-electron chi connectivity index (χ1n) is 7.57. The average molecular weight is 367 g/mol. The fourth-order valence-electron chi connectivity index (χ4n) is 2.26. The minimum atomic E-state index is -0.492. The van der Waals surface area contributed by atoms with Gasteiger partial charge in [0.1, 0.15) is 5.69 Å². The third-order valence-corrected chi connectivity index (χ3v) is 3.71. The normalized spacial score (nSPS) is 10.7. The van der Waals surface area contributed by atoms with Gasteiger partial charge in [0, 0.05) is 22.8 Å². The molecule has 0 saturated heterocycles. The van der Waals surface area contributed by atoms with E-state index in [0.29, 0.717) is 22.3 Å². The molecule has 3 aromatic heterocycles. The number of aromatic amines is 1. The fraction of sp³-hybridized carbons (Fsp3) is 0. The number of carbonyl (C=O) groups is 1. The zero-order chi connectivity index (χ0) is 17.9. The van der Waals surface area contributed by atoms with E-state index in [-0.39, 0.29) is 11.6 Å². The lowest BCUT2D eigenvalue weighted by Crippen LogP contribution is -2.13. The highest BCUT2D eigenvalue weighted by Crippen LogP contribution is 2.23. The number of benzene rings is 1. The van der Waals surface area contributed by atoms with Gasteiger partial charge in [-0.2, -0.15) is 4.98 Å². The minimum absolute atomic E-state index is 0.101. The number of nitrogens with zero attached hydrogens (tertiary/aromatic N) is 4. The molecule has 26 heavy (non-hydrogen) atoms. The molecule has 0 saturated carbocycles. The smallest absolute Gasteiger partial charge is 0.280 e. The Bertz CT molecular complexity index is 1060. The molecule has 4 aromatic rings. The highest BCUT2D eigenvalue weighted by Gasteiger charge is 2.16. The molecule has 0 fully saturated rings. The summed E-state index contributed by atoms with van der Waals surface area (Å²) in [5, 5.41) is 13.6. The molecule has 128 valence electrons. The molecule has 4 rings (SSSR count). The third kappa shape index (κ3) is 3.31. The Labute approximate surface area is 152 Å². The predicted octanol–water partition coefficient (Wildman–Crippen LogP) is 3.43. The number of halogens is 1. The van der Waals surface area contributed by atoms with Crippen LogP contribution in [0, 0.1) is 0 Å². The van der Waals surface area contributed by atoms with Crippen LogP contribution in [0.2, 0.25) is 5.02 Å². The van der Waals surface area contributed by atoms with E-state index >= 15 is 0 Å². The molecule has 0 aliphatic heterocycles. The second-order valence-corrected chi connectivity index (χ2v) is 5.70. The van der Waals surface area contributed by atoms with Gasteiger partial charge in [0.15, 0.2) is 17.3 Å². The van der Waals surface area contributed by atoms with Gasteiger partial charge in [0.05, 0.1) is 0 Å². The first kappa shape index (κ1) is 16.0. The summed E-state index contributed by atoms with van der Waals surface area (Å²) in [6.07, 6.45) is 1.64. The van der Waals surface area contributed by atoms with Crippen LogP contribution in [0.1, 0.15) is 10.5 Å². The van der Waals surface area contributed by atoms with Crippen LogP contribution in [0.25, 0.3) is 22.8 Å². The first-order chi connectivity index (χ1) is 12.7. The molecule has 0 atom stereocenters. The van der Waals surface area contributed by atoms with Gasteiger partial charge in [-0.15, -0.1) is 5.10 Å². The van der Waals surface area contributed by atoms with E-state index in [0.717, 1.165) is 5.56 Å². The topological polar surface area (TPSA) is 110 Å². The Morgan fingerprint density at radius 2 is 2.08 bits per heavy atom. The number of carbonyl (C=O) groups excluding carboxylic acids is 1. The van der Waals surface area contributed by atoms with Crippen molar-refractivity contribution in [1.82, 2.24) is 25.3 Å². The predicted molar refractivity (Wildman–Crippen MR) is 94.5 cm³/mol. The maximum atomic E-state index is 12.3. The SMILES string of the molecule is O=C(Nc1n[nH]c(-c2ccccn2)n1)c1cc(-c2cccc(Cl)c2)on1. The standard InChI is InChI=1S/C17H11ClN6O2/c18-11-5-3-4-10(8-11)14-9-13(24-26-14)16(25)21-17-20-15(22-23-17)12-6-1-2-7-19-12/h1-9H,(H2,20,21,22,23,25). The van der Waals surface area contributed by atoms with Crippen LogP contribution in [-0.2, 0) is 0 Å². The molecular formula is C17H11ClN6O2. The van der Waals surface area contributed by atoms with Crippen molar-refractivity contribution in [1.29, 1.82) is 0 Å². The molecular weight excluding hydrogens is 356 g/mol. The van der Waals surface area contributed by atoms with Gasteiger partial charge in [-0.1, -0.05) is 35.0 Å². The van der Waals surface area contributed by atoms with Crippen LogP contribution in [-0.4, -0.2) is 31.2 Å². The van der Waals surface area contributed by atoms with Crippen molar-refractivity contribution in [2.45, 2.75) is 0 Å². The van der Waals surface area contributed by atoms with Gasteiger partial charge in [-0.25, -0.2) is 0 Å². The lowest BCUT2D eigenvalue weighted by molar-refractivity contribution is 0.101. The van der Waals surface area contributed by atoms with E-state index < -0.39 is 5.91 Å². The lowest BCUT2D eigenvalue weighted by Gasteiger charge is -1.96. The van der Waals surface area contributed by atoms with Crippen molar-refractivity contribution in [3.05, 3.63) is 65.4 Å². The van der Waals surface area contributed by atoms with Crippen LogP contribution < -0.4 is 5.32 Å². The maximum absolute atomic E-state index is 12.3. The van der Waals surface area contributed by atoms with E-state index in [9.17, 15) is 4.79 Å². The van der Waals surface area contributed by atoms with E-state index in [4.69, 9.17) is 16.1 Å². The average Bonchev–Trinajstić information content (AvgIpc) is 3.32. The van der Waals surface area contributed by atoms with Crippen LogP contribution in [0.3, 0.4) is 0 Å². The summed E-state index contributed by atoms with van der Waals surface area (Å²) in [7, 11) is 0.